The lowest BCUT2D eigenvalue weighted by atomic mass is 9.92. The smallest absolute Gasteiger partial charge is 0.193 e. The Hall–Kier alpha value is -1.43. The number of fused-ring (bicyclic) bond motifs is 1. The van der Waals surface area contributed by atoms with Gasteiger partial charge in [-0.15, -0.1) is 0 Å². The normalized spacial score (nSPS) is 15.7. The summed E-state index contributed by atoms with van der Waals surface area (Å²) in [5.74, 6) is 0. The van der Waals surface area contributed by atoms with Gasteiger partial charge in [-0.3, -0.25) is 0 Å². The summed E-state index contributed by atoms with van der Waals surface area (Å²) in [6, 6.07) is 1.98. The number of hydrogen-bond acceptors (Lipinski definition) is 5. The van der Waals surface area contributed by atoms with Crippen LogP contribution < -0.4 is 0 Å². The summed E-state index contributed by atoms with van der Waals surface area (Å²) in [5, 5.41) is 4.23. The molecule has 5 nitrogen and oxygen atoms in total. The molecule has 1 aromatic rings. The molecular formula is C15H22N2O3S. The van der Waals surface area contributed by atoms with E-state index in [9.17, 15) is 8.42 Å². The van der Waals surface area contributed by atoms with Crippen LogP contribution >= 0.6 is 0 Å². The van der Waals surface area contributed by atoms with Gasteiger partial charge < -0.3 is 4.84 Å². The van der Waals surface area contributed by atoms with E-state index in [0.29, 0.717) is 17.8 Å². The number of aryl methyl sites for hydroxylation is 1. The highest BCUT2D eigenvalue weighted by atomic mass is 32.2. The molecule has 0 unspecified atom stereocenters. The molecule has 1 aromatic heterocycles. The van der Waals surface area contributed by atoms with Gasteiger partial charge >= 0.3 is 0 Å². The first-order valence-electron chi connectivity index (χ1n) is 7.30. The van der Waals surface area contributed by atoms with Crippen molar-refractivity contribution in [2.75, 3.05) is 13.4 Å². The molecule has 6 heteroatoms. The van der Waals surface area contributed by atoms with Crippen molar-refractivity contribution in [2.24, 2.45) is 5.16 Å². The second kappa shape index (κ2) is 6.56. The van der Waals surface area contributed by atoms with Crippen LogP contribution in [0.3, 0.4) is 0 Å². The Morgan fingerprint density at radius 3 is 2.71 bits per heavy atom. The van der Waals surface area contributed by atoms with Gasteiger partial charge in [0.15, 0.2) is 14.9 Å². The summed E-state index contributed by atoms with van der Waals surface area (Å²) >= 11 is 0. The first-order valence-corrected chi connectivity index (χ1v) is 9.19. The van der Waals surface area contributed by atoms with Gasteiger partial charge in [-0.05, 0) is 49.3 Å². The van der Waals surface area contributed by atoms with Crippen LogP contribution in [0.25, 0.3) is 0 Å². The molecule has 0 fully saturated rings. The molecule has 116 valence electrons. The van der Waals surface area contributed by atoms with Crippen LogP contribution in [0.15, 0.2) is 16.2 Å². The fourth-order valence-corrected chi connectivity index (χ4v) is 3.67. The SMILES string of the molecule is CCCC(=NOC)c1cc2c(c(S(C)(=O)=O)n1)CCCC2. The molecule has 0 saturated heterocycles. The van der Waals surface area contributed by atoms with E-state index in [1.54, 1.807) is 0 Å². The number of pyridine rings is 1. The number of hydrogen-bond donors (Lipinski definition) is 0. The monoisotopic (exact) mass is 310 g/mol. The van der Waals surface area contributed by atoms with Gasteiger partial charge in [-0.2, -0.15) is 0 Å². The summed E-state index contributed by atoms with van der Waals surface area (Å²) in [7, 11) is -1.85. The van der Waals surface area contributed by atoms with Gasteiger partial charge in [0, 0.05) is 6.26 Å². The maximum Gasteiger partial charge on any atom is 0.193 e. The quantitative estimate of drug-likeness (QED) is 0.619. The Bertz CT molecular complexity index is 651. The average molecular weight is 310 g/mol. The van der Waals surface area contributed by atoms with Gasteiger partial charge in [0.1, 0.15) is 12.8 Å². The molecule has 1 aliphatic rings. The van der Waals surface area contributed by atoms with Gasteiger partial charge in [0.05, 0.1) is 5.69 Å². The topological polar surface area (TPSA) is 68.6 Å². The predicted molar refractivity (Wildman–Crippen MR) is 82.4 cm³/mol. The molecule has 0 saturated carbocycles. The van der Waals surface area contributed by atoms with Crippen molar-refractivity contribution in [1.29, 1.82) is 0 Å². The van der Waals surface area contributed by atoms with E-state index >= 15 is 0 Å². The van der Waals surface area contributed by atoms with Crippen LogP contribution in [0.4, 0.5) is 0 Å². The molecule has 0 radical (unpaired) electrons. The van der Waals surface area contributed by atoms with E-state index < -0.39 is 9.84 Å². The Morgan fingerprint density at radius 1 is 1.38 bits per heavy atom. The molecule has 0 aromatic carbocycles. The minimum absolute atomic E-state index is 0.217. The van der Waals surface area contributed by atoms with Crippen molar-refractivity contribution >= 4 is 15.5 Å². The molecule has 0 N–H and O–H groups in total. The number of rotatable bonds is 5. The van der Waals surface area contributed by atoms with Crippen LogP contribution in [-0.4, -0.2) is 32.5 Å². The zero-order chi connectivity index (χ0) is 15.5. The van der Waals surface area contributed by atoms with E-state index in [4.69, 9.17) is 4.84 Å². The summed E-state index contributed by atoms with van der Waals surface area (Å²) < 4.78 is 24.1. The third-order valence-electron chi connectivity index (χ3n) is 3.64. The molecule has 0 amide bonds. The summed E-state index contributed by atoms with van der Waals surface area (Å²) in [4.78, 5) is 9.28. The van der Waals surface area contributed by atoms with Crippen LogP contribution in [0.5, 0.6) is 0 Å². The molecule has 2 rings (SSSR count). The molecular weight excluding hydrogens is 288 g/mol. The first-order chi connectivity index (χ1) is 9.97. The average Bonchev–Trinajstić information content (AvgIpc) is 2.45. The fraction of sp³-hybridized carbons (Fsp3) is 0.600. The largest absolute Gasteiger partial charge is 0.399 e. The Labute approximate surface area is 126 Å². The number of aromatic nitrogens is 1. The van der Waals surface area contributed by atoms with E-state index in [1.165, 1.54) is 13.4 Å². The van der Waals surface area contributed by atoms with Crippen molar-refractivity contribution in [3.05, 3.63) is 22.9 Å². The lowest BCUT2D eigenvalue weighted by Gasteiger charge is -2.19. The lowest BCUT2D eigenvalue weighted by molar-refractivity contribution is 0.212. The highest BCUT2D eigenvalue weighted by molar-refractivity contribution is 7.90. The van der Waals surface area contributed by atoms with Crippen LogP contribution in [0, 0.1) is 0 Å². The third-order valence-corrected chi connectivity index (χ3v) is 4.68. The molecule has 21 heavy (non-hydrogen) atoms. The highest BCUT2D eigenvalue weighted by Crippen LogP contribution is 2.27. The van der Waals surface area contributed by atoms with E-state index in [2.05, 4.69) is 10.1 Å². The Morgan fingerprint density at radius 2 is 2.10 bits per heavy atom. The van der Waals surface area contributed by atoms with Crippen molar-refractivity contribution in [2.45, 2.75) is 50.5 Å². The first kappa shape index (κ1) is 15.9. The van der Waals surface area contributed by atoms with Crippen molar-refractivity contribution < 1.29 is 13.3 Å². The molecule has 0 spiro atoms. The van der Waals surface area contributed by atoms with Crippen LogP contribution in [-0.2, 0) is 27.5 Å². The van der Waals surface area contributed by atoms with Crippen LogP contribution in [0.2, 0.25) is 0 Å². The number of sulfone groups is 1. The Kier molecular flexibility index (Phi) is 4.98. The fourth-order valence-electron chi connectivity index (χ4n) is 2.73. The van der Waals surface area contributed by atoms with Gasteiger partial charge in [-0.25, -0.2) is 13.4 Å². The number of oxime groups is 1. The second-order valence-electron chi connectivity index (χ2n) is 5.40. The van der Waals surface area contributed by atoms with Gasteiger partial charge in [0.25, 0.3) is 0 Å². The van der Waals surface area contributed by atoms with Crippen LogP contribution in [0.1, 0.15) is 49.4 Å². The molecule has 0 atom stereocenters. The van der Waals surface area contributed by atoms with E-state index in [-0.39, 0.29) is 5.03 Å². The van der Waals surface area contributed by atoms with Crippen molar-refractivity contribution in [1.82, 2.24) is 4.98 Å². The second-order valence-corrected chi connectivity index (χ2v) is 7.33. The molecule has 0 bridgehead atoms. The van der Waals surface area contributed by atoms with E-state index in [1.807, 2.05) is 13.0 Å². The van der Waals surface area contributed by atoms with Gasteiger partial charge in [-0.1, -0.05) is 18.5 Å². The summed E-state index contributed by atoms with van der Waals surface area (Å²) in [6.45, 7) is 2.04. The minimum atomic E-state index is -3.34. The molecule has 0 aliphatic heterocycles. The molecule has 1 heterocycles. The summed E-state index contributed by atoms with van der Waals surface area (Å²) in [6.07, 6.45) is 6.63. The zero-order valence-electron chi connectivity index (χ0n) is 12.8. The van der Waals surface area contributed by atoms with Gasteiger partial charge in [0.2, 0.25) is 0 Å². The highest BCUT2D eigenvalue weighted by Gasteiger charge is 2.23. The van der Waals surface area contributed by atoms with E-state index in [0.717, 1.165) is 43.2 Å². The summed E-state index contributed by atoms with van der Waals surface area (Å²) in [5.41, 5.74) is 3.31. The lowest BCUT2D eigenvalue weighted by Crippen LogP contribution is -2.16. The maximum atomic E-state index is 12.1. The number of nitrogens with zero attached hydrogens (tertiary/aromatic N) is 2. The molecule has 1 aliphatic carbocycles. The van der Waals surface area contributed by atoms with Crippen molar-refractivity contribution in [3.8, 4) is 0 Å². The standard InChI is InChI=1S/C15H22N2O3S/c1-4-7-13(17-20-2)14-10-11-8-5-6-9-12(11)15(16-14)21(3,18)19/h10H,4-9H2,1-3H3. The third kappa shape index (κ3) is 3.61. The predicted octanol–water partition coefficient (Wildman–Crippen LogP) is 2.51. The Balaban J connectivity index is 2.61. The van der Waals surface area contributed by atoms with Crippen molar-refractivity contribution in [3.63, 3.8) is 0 Å². The zero-order valence-corrected chi connectivity index (χ0v) is 13.7. The maximum absolute atomic E-state index is 12.1. The minimum Gasteiger partial charge on any atom is -0.399 e.